The topological polar surface area (TPSA) is 80.2 Å². The first-order valence-electron chi connectivity index (χ1n) is 8.52. The summed E-state index contributed by atoms with van der Waals surface area (Å²) in [6.45, 7) is 2.12. The van der Waals surface area contributed by atoms with E-state index in [1.807, 2.05) is 28.5 Å². The molecule has 1 aliphatic rings. The number of nitrogens with zero attached hydrogens (tertiary/aromatic N) is 4. The fourth-order valence-corrected chi connectivity index (χ4v) is 3.79. The SMILES string of the molecule is COc1ccc(CNc2nc(C(=O)N3CCCC3)c3sccc3n2)cn1. The van der Waals surface area contributed by atoms with Crippen LogP contribution in [0.15, 0.2) is 29.8 Å². The summed E-state index contributed by atoms with van der Waals surface area (Å²) in [6, 6.07) is 5.66. The van der Waals surface area contributed by atoms with E-state index in [-0.39, 0.29) is 5.91 Å². The highest BCUT2D eigenvalue weighted by atomic mass is 32.1. The van der Waals surface area contributed by atoms with Crippen LogP contribution in [0.2, 0.25) is 0 Å². The van der Waals surface area contributed by atoms with Gasteiger partial charge in [-0.25, -0.2) is 15.0 Å². The Morgan fingerprint density at radius 3 is 2.85 bits per heavy atom. The van der Waals surface area contributed by atoms with Crippen LogP contribution in [0.5, 0.6) is 5.88 Å². The minimum atomic E-state index is -0.00786. The van der Waals surface area contributed by atoms with E-state index in [2.05, 4.69) is 20.3 Å². The molecule has 1 N–H and O–H groups in total. The van der Waals surface area contributed by atoms with Gasteiger partial charge in [0.2, 0.25) is 11.8 Å². The van der Waals surface area contributed by atoms with Crippen LogP contribution in [0.4, 0.5) is 5.95 Å². The number of aromatic nitrogens is 3. The largest absolute Gasteiger partial charge is 0.481 e. The van der Waals surface area contributed by atoms with Gasteiger partial charge in [0.05, 0.1) is 17.3 Å². The van der Waals surface area contributed by atoms with Crippen molar-refractivity contribution in [2.45, 2.75) is 19.4 Å². The van der Waals surface area contributed by atoms with Crippen LogP contribution in [-0.4, -0.2) is 46.0 Å². The molecule has 26 heavy (non-hydrogen) atoms. The average Bonchev–Trinajstić information content (AvgIpc) is 3.37. The third kappa shape index (κ3) is 3.32. The van der Waals surface area contributed by atoms with Gasteiger partial charge in [0.15, 0.2) is 5.69 Å². The fraction of sp³-hybridized carbons (Fsp3) is 0.333. The van der Waals surface area contributed by atoms with E-state index < -0.39 is 0 Å². The lowest BCUT2D eigenvalue weighted by Gasteiger charge is -2.15. The third-order valence-electron chi connectivity index (χ3n) is 4.36. The Morgan fingerprint density at radius 1 is 1.27 bits per heavy atom. The number of ether oxygens (including phenoxy) is 1. The highest BCUT2D eigenvalue weighted by Gasteiger charge is 2.24. The summed E-state index contributed by atoms with van der Waals surface area (Å²) in [4.78, 5) is 28.0. The van der Waals surface area contributed by atoms with Gasteiger partial charge in [-0.05, 0) is 29.9 Å². The number of nitrogens with one attached hydrogen (secondary N) is 1. The second-order valence-electron chi connectivity index (χ2n) is 6.09. The van der Waals surface area contributed by atoms with E-state index in [1.54, 1.807) is 13.3 Å². The van der Waals surface area contributed by atoms with E-state index in [4.69, 9.17) is 4.74 Å². The molecule has 8 heteroatoms. The van der Waals surface area contributed by atoms with Crippen molar-refractivity contribution >= 4 is 33.4 Å². The molecule has 3 aromatic rings. The predicted molar refractivity (Wildman–Crippen MR) is 101 cm³/mol. The quantitative estimate of drug-likeness (QED) is 0.745. The first kappa shape index (κ1) is 16.7. The first-order chi connectivity index (χ1) is 12.7. The van der Waals surface area contributed by atoms with Crippen molar-refractivity contribution in [3.05, 3.63) is 41.0 Å². The molecule has 1 saturated heterocycles. The second kappa shape index (κ2) is 7.25. The maximum Gasteiger partial charge on any atom is 0.274 e. The molecule has 1 aliphatic heterocycles. The third-order valence-corrected chi connectivity index (χ3v) is 5.27. The van der Waals surface area contributed by atoms with Crippen molar-refractivity contribution in [3.63, 3.8) is 0 Å². The van der Waals surface area contributed by atoms with Gasteiger partial charge < -0.3 is 15.0 Å². The summed E-state index contributed by atoms with van der Waals surface area (Å²) in [5.41, 5.74) is 2.26. The number of pyridine rings is 1. The maximum absolute atomic E-state index is 12.8. The summed E-state index contributed by atoms with van der Waals surface area (Å²) >= 11 is 1.50. The highest BCUT2D eigenvalue weighted by Crippen LogP contribution is 2.26. The molecule has 0 unspecified atom stereocenters. The smallest absolute Gasteiger partial charge is 0.274 e. The van der Waals surface area contributed by atoms with Gasteiger partial charge >= 0.3 is 0 Å². The number of thiophene rings is 1. The molecule has 0 saturated carbocycles. The molecule has 4 heterocycles. The number of hydrogen-bond acceptors (Lipinski definition) is 7. The Morgan fingerprint density at radius 2 is 2.12 bits per heavy atom. The molecular weight excluding hydrogens is 350 g/mol. The van der Waals surface area contributed by atoms with Crippen LogP contribution >= 0.6 is 11.3 Å². The molecule has 0 aliphatic carbocycles. The number of rotatable bonds is 5. The first-order valence-corrected chi connectivity index (χ1v) is 9.40. The monoisotopic (exact) mass is 369 g/mol. The Kier molecular flexibility index (Phi) is 4.66. The van der Waals surface area contributed by atoms with Gasteiger partial charge in [0, 0.05) is 31.9 Å². The van der Waals surface area contributed by atoms with E-state index >= 15 is 0 Å². The normalized spacial score (nSPS) is 14.0. The number of hydrogen-bond donors (Lipinski definition) is 1. The van der Waals surface area contributed by atoms with Gasteiger partial charge in [-0.3, -0.25) is 4.79 Å². The van der Waals surface area contributed by atoms with Gasteiger partial charge in [-0.1, -0.05) is 6.07 Å². The number of carbonyl (C=O) groups is 1. The van der Waals surface area contributed by atoms with E-state index in [1.165, 1.54) is 11.3 Å². The fourth-order valence-electron chi connectivity index (χ4n) is 2.97. The lowest BCUT2D eigenvalue weighted by atomic mass is 10.3. The van der Waals surface area contributed by atoms with Crippen LogP contribution in [0, 0.1) is 0 Å². The molecular formula is C18H19N5O2S. The maximum atomic E-state index is 12.8. The van der Waals surface area contributed by atoms with Gasteiger partial charge in [0.25, 0.3) is 5.91 Å². The zero-order valence-corrected chi connectivity index (χ0v) is 15.3. The van der Waals surface area contributed by atoms with Gasteiger partial charge in [0.1, 0.15) is 0 Å². The number of fused-ring (bicyclic) bond motifs is 1. The number of carbonyl (C=O) groups excluding carboxylic acids is 1. The molecule has 134 valence electrons. The van der Waals surface area contributed by atoms with Crippen molar-refractivity contribution in [1.29, 1.82) is 0 Å². The highest BCUT2D eigenvalue weighted by molar-refractivity contribution is 7.17. The van der Waals surface area contributed by atoms with Gasteiger partial charge in [-0.2, -0.15) is 0 Å². The second-order valence-corrected chi connectivity index (χ2v) is 7.01. The van der Waals surface area contributed by atoms with E-state index in [9.17, 15) is 4.79 Å². The lowest BCUT2D eigenvalue weighted by molar-refractivity contribution is 0.0789. The molecule has 1 fully saturated rings. The summed E-state index contributed by atoms with van der Waals surface area (Å²) in [6.07, 6.45) is 3.85. The summed E-state index contributed by atoms with van der Waals surface area (Å²) < 4.78 is 5.91. The number of methoxy groups -OCH3 is 1. The van der Waals surface area contributed by atoms with Crippen molar-refractivity contribution < 1.29 is 9.53 Å². The Hall–Kier alpha value is -2.74. The molecule has 7 nitrogen and oxygen atoms in total. The van der Waals surface area contributed by atoms with E-state index in [0.717, 1.165) is 41.7 Å². The molecule has 3 aromatic heterocycles. The van der Waals surface area contributed by atoms with Gasteiger partial charge in [-0.15, -0.1) is 11.3 Å². The molecule has 0 atom stereocenters. The number of likely N-dealkylation sites (tertiary alicyclic amines) is 1. The van der Waals surface area contributed by atoms with Crippen LogP contribution in [0.1, 0.15) is 28.9 Å². The molecule has 0 aromatic carbocycles. The van der Waals surface area contributed by atoms with E-state index in [0.29, 0.717) is 24.1 Å². The molecule has 0 bridgehead atoms. The summed E-state index contributed by atoms with van der Waals surface area (Å²) in [5, 5.41) is 5.14. The van der Waals surface area contributed by atoms with Crippen molar-refractivity contribution in [2.75, 3.05) is 25.5 Å². The Labute approximate surface area is 155 Å². The Bertz CT molecular complexity index is 919. The molecule has 0 radical (unpaired) electrons. The minimum Gasteiger partial charge on any atom is -0.481 e. The summed E-state index contributed by atoms with van der Waals surface area (Å²) in [5.74, 6) is 1.02. The molecule has 0 spiro atoms. The van der Waals surface area contributed by atoms with Crippen LogP contribution in [0.25, 0.3) is 10.2 Å². The lowest BCUT2D eigenvalue weighted by Crippen LogP contribution is -2.28. The Balaban J connectivity index is 1.57. The summed E-state index contributed by atoms with van der Waals surface area (Å²) in [7, 11) is 1.59. The van der Waals surface area contributed by atoms with Crippen LogP contribution in [0.3, 0.4) is 0 Å². The van der Waals surface area contributed by atoms with Crippen LogP contribution in [-0.2, 0) is 6.54 Å². The molecule has 1 amide bonds. The standard InChI is InChI=1S/C18H19N5O2S/c1-25-14-5-4-12(10-19-14)11-20-18-21-13-6-9-26-16(13)15(22-18)17(24)23-7-2-3-8-23/h4-6,9-10H,2-3,7-8,11H2,1H3,(H,20,21,22). The van der Waals surface area contributed by atoms with Crippen molar-refractivity contribution in [1.82, 2.24) is 19.9 Å². The van der Waals surface area contributed by atoms with Crippen LogP contribution < -0.4 is 10.1 Å². The van der Waals surface area contributed by atoms with Crippen molar-refractivity contribution in [3.8, 4) is 5.88 Å². The number of amides is 1. The molecule has 4 rings (SSSR count). The zero-order chi connectivity index (χ0) is 17.9. The van der Waals surface area contributed by atoms with Crippen molar-refractivity contribution in [2.24, 2.45) is 0 Å². The predicted octanol–water partition coefficient (Wildman–Crippen LogP) is 2.94. The zero-order valence-electron chi connectivity index (χ0n) is 14.4. The minimum absolute atomic E-state index is 0.00786. The number of anilines is 1. The average molecular weight is 369 g/mol.